The predicted molar refractivity (Wildman–Crippen MR) is 94.0 cm³/mol. The average molecular weight is 367 g/mol. The summed E-state index contributed by atoms with van der Waals surface area (Å²) in [6.45, 7) is 1.34. The first-order valence-corrected chi connectivity index (χ1v) is 8.25. The van der Waals surface area contributed by atoms with Crippen molar-refractivity contribution in [2.75, 3.05) is 7.11 Å². The monoisotopic (exact) mass is 367 g/mol. The molecule has 0 unspecified atom stereocenters. The van der Waals surface area contributed by atoms with E-state index in [9.17, 15) is 19.2 Å². The lowest BCUT2D eigenvalue weighted by Crippen LogP contribution is -2.43. The molecule has 0 saturated heterocycles. The second kappa shape index (κ2) is 7.41. The van der Waals surface area contributed by atoms with Crippen molar-refractivity contribution in [1.29, 1.82) is 0 Å². The van der Waals surface area contributed by atoms with Gasteiger partial charge in [0, 0.05) is 0 Å². The van der Waals surface area contributed by atoms with Crippen molar-refractivity contribution in [2.45, 2.75) is 19.6 Å². The summed E-state index contributed by atoms with van der Waals surface area (Å²) in [4.78, 5) is 49.7. The van der Waals surface area contributed by atoms with Crippen LogP contribution in [-0.2, 0) is 20.9 Å². The molecule has 0 fully saturated rings. The van der Waals surface area contributed by atoms with Crippen LogP contribution in [0.4, 0.5) is 0 Å². The summed E-state index contributed by atoms with van der Waals surface area (Å²) in [5.74, 6) is -2.25. The first-order chi connectivity index (χ1) is 12.9. The van der Waals surface area contributed by atoms with Crippen molar-refractivity contribution in [3.63, 3.8) is 0 Å². The number of carbonyl (C=O) groups is 4. The number of imide groups is 1. The van der Waals surface area contributed by atoms with Gasteiger partial charge in [0.2, 0.25) is 0 Å². The van der Waals surface area contributed by atoms with E-state index in [4.69, 9.17) is 4.74 Å². The molecule has 1 heterocycles. The third-order valence-electron chi connectivity index (χ3n) is 4.28. The van der Waals surface area contributed by atoms with Crippen LogP contribution in [0.15, 0.2) is 48.5 Å². The molecule has 0 aliphatic carbocycles. The van der Waals surface area contributed by atoms with E-state index < -0.39 is 29.8 Å². The normalized spacial score (nSPS) is 13.9. The molecular weight excluding hydrogens is 350 g/mol. The number of ether oxygens (including phenoxy) is 2. The quantitative estimate of drug-likeness (QED) is 0.594. The number of hydrogen-bond acceptors (Lipinski definition) is 6. The zero-order valence-electron chi connectivity index (χ0n) is 14.8. The Morgan fingerprint density at radius 1 is 1.00 bits per heavy atom. The third kappa shape index (κ3) is 3.44. The zero-order valence-corrected chi connectivity index (χ0v) is 14.8. The predicted octanol–water partition coefficient (Wildman–Crippen LogP) is 2.20. The van der Waals surface area contributed by atoms with Crippen LogP contribution in [-0.4, -0.2) is 41.8 Å². The molecule has 27 heavy (non-hydrogen) atoms. The molecule has 1 aliphatic heterocycles. The highest BCUT2D eigenvalue weighted by Gasteiger charge is 2.41. The van der Waals surface area contributed by atoms with Gasteiger partial charge in [0.25, 0.3) is 11.8 Å². The van der Waals surface area contributed by atoms with Gasteiger partial charge in [-0.05, 0) is 36.8 Å². The smallest absolute Gasteiger partial charge is 0.337 e. The molecule has 2 aromatic rings. The molecule has 7 nitrogen and oxygen atoms in total. The van der Waals surface area contributed by atoms with Gasteiger partial charge < -0.3 is 9.47 Å². The van der Waals surface area contributed by atoms with E-state index in [-0.39, 0.29) is 17.7 Å². The lowest BCUT2D eigenvalue weighted by molar-refractivity contribution is -0.149. The maximum absolute atomic E-state index is 12.4. The summed E-state index contributed by atoms with van der Waals surface area (Å²) in [6.07, 6.45) is 0. The molecule has 2 aromatic carbocycles. The summed E-state index contributed by atoms with van der Waals surface area (Å²) >= 11 is 0. The molecule has 2 amide bonds. The van der Waals surface area contributed by atoms with Crippen LogP contribution >= 0.6 is 0 Å². The summed E-state index contributed by atoms with van der Waals surface area (Å²) in [6, 6.07) is 11.8. The summed E-state index contributed by atoms with van der Waals surface area (Å²) in [5.41, 5.74) is 1.46. The zero-order chi connectivity index (χ0) is 19.6. The van der Waals surface area contributed by atoms with Gasteiger partial charge in [-0.1, -0.05) is 24.3 Å². The fourth-order valence-corrected chi connectivity index (χ4v) is 2.85. The largest absolute Gasteiger partial charge is 0.465 e. The van der Waals surface area contributed by atoms with Crippen molar-refractivity contribution >= 4 is 23.8 Å². The van der Waals surface area contributed by atoms with Crippen molar-refractivity contribution in [2.24, 2.45) is 0 Å². The number of nitrogens with zero attached hydrogens (tertiary/aromatic N) is 1. The van der Waals surface area contributed by atoms with E-state index in [1.165, 1.54) is 14.0 Å². The SMILES string of the molecule is COC(=O)c1cccc(COC(=O)[C@@H](C)N2C(=O)c3ccccc3C2=O)c1. The molecule has 3 rings (SSSR count). The van der Waals surface area contributed by atoms with Crippen LogP contribution in [0, 0.1) is 0 Å². The standard InChI is InChI=1S/C20H17NO6/c1-12(21-17(22)15-8-3-4-9-16(15)18(21)23)19(24)27-11-13-6-5-7-14(10-13)20(25)26-2/h3-10,12H,11H2,1-2H3/t12-/m1/s1. The molecule has 0 saturated carbocycles. The van der Waals surface area contributed by atoms with Crippen LogP contribution in [0.2, 0.25) is 0 Å². The van der Waals surface area contributed by atoms with Crippen LogP contribution in [0.25, 0.3) is 0 Å². The fourth-order valence-electron chi connectivity index (χ4n) is 2.85. The molecule has 1 atom stereocenters. The maximum atomic E-state index is 12.4. The minimum absolute atomic E-state index is 0.100. The second-order valence-corrected chi connectivity index (χ2v) is 6.00. The Morgan fingerprint density at radius 2 is 1.63 bits per heavy atom. The summed E-state index contributed by atoms with van der Waals surface area (Å²) in [5, 5.41) is 0. The summed E-state index contributed by atoms with van der Waals surface area (Å²) < 4.78 is 9.88. The number of rotatable bonds is 5. The van der Waals surface area contributed by atoms with Crippen molar-refractivity contribution < 1.29 is 28.7 Å². The van der Waals surface area contributed by atoms with Gasteiger partial charge in [-0.15, -0.1) is 0 Å². The highest BCUT2D eigenvalue weighted by molar-refractivity contribution is 6.22. The highest BCUT2D eigenvalue weighted by Crippen LogP contribution is 2.25. The molecule has 0 aromatic heterocycles. The number of carbonyl (C=O) groups excluding carboxylic acids is 4. The molecule has 1 aliphatic rings. The second-order valence-electron chi connectivity index (χ2n) is 6.00. The molecule has 0 spiro atoms. The first kappa shape index (κ1) is 18.3. The maximum Gasteiger partial charge on any atom is 0.337 e. The Labute approximate surface area is 155 Å². The van der Waals surface area contributed by atoms with Gasteiger partial charge in [0.05, 0.1) is 23.8 Å². The Bertz CT molecular complexity index is 901. The molecule has 7 heteroatoms. The van der Waals surface area contributed by atoms with Crippen molar-refractivity contribution in [3.05, 3.63) is 70.8 Å². The Hall–Kier alpha value is -3.48. The average Bonchev–Trinajstić information content (AvgIpc) is 2.96. The van der Waals surface area contributed by atoms with E-state index in [1.54, 1.807) is 48.5 Å². The van der Waals surface area contributed by atoms with E-state index in [1.807, 2.05) is 0 Å². The number of fused-ring (bicyclic) bond motifs is 1. The molecule has 138 valence electrons. The number of amides is 2. The topological polar surface area (TPSA) is 90.0 Å². The van der Waals surface area contributed by atoms with Gasteiger partial charge >= 0.3 is 11.9 Å². The Morgan fingerprint density at radius 3 is 2.22 bits per heavy atom. The fraction of sp³-hybridized carbons (Fsp3) is 0.200. The molecular formula is C20H17NO6. The highest BCUT2D eigenvalue weighted by atomic mass is 16.5. The number of benzene rings is 2. The van der Waals surface area contributed by atoms with Crippen molar-refractivity contribution in [1.82, 2.24) is 4.90 Å². The van der Waals surface area contributed by atoms with Gasteiger partial charge in [-0.2, -0.15) is 0 Å². The van der Waals surface area contributed by atoms with E-state index in [2.05, 4.69) is 4.74 Å². The van der Waals surface area contributed by atoms with Gasteiger partial charge in [-0.3, -0.25) is 14.5 Å². The lowest BCUT2D eigenvalue weighted by Gasteiger charge is -2.21. The third-order valence-corrected chi connectivity index (χ3v) is 4.28. The summed E-state index contributed by atoms with van der Waals surface area (Å²) in [7, 11) is 1.28. The van der Waals surface area contributed by atoms with Crippen molar-refractivity contribution in [3.8, 4) is 0 Å². The van der Waals surface area contributed by atoms with Gasteiger partial charge in [0.1, 0.15) is 12.6 Å². The van der Waals surface area contributed by atoms with Gasteiger partial charge in [-0.25, -0.2) is 9.59 Å². The number of methoxy groups -OCH3 is 1. The molecule has 0 N–H and O–H groups in total. The molecule has 0 radical (unpaired) electrons. The Kier molecular flexibility index (Phi) is 5.03. The lowest BCUT2D eigenvalue weighted by atomic mass is 10.1. The van der Waals surface area contributed by atoms with Crippen LogP contribution in [0.3, 0.4) is 0 Å². The van der Waals surface area contributed by atoms with E-state index >= 15 is 0 Å². The van der Waals surface area contributed by atoms with Crippen LogP contribution < -0.4 is 0 Å². The van der Waals surface area contributed by atoms with Crippen LogP contribution in [0.1, 0.15) is 43.6 Å². The molecule has 0 bridgehead atoms. The van der Waals surface area contributed by atoms with E-state index in [0.29, 0.717) is 11.1 Å². The minimum Gasteiger partial charge on any atom is -0.465 e. The van der Waals surface area contributed by atoms with Gasteiger partial charge in [0.15, 0.2) is 0 Å². The van der Waals surface area contributed by atoms with E-state index in [0.717, 1.165) is 4.90 Å². The number of hydrogen-bond donors (Lipinski definition) is 0. The minimum atomic E-state index is -1.07. The Balaban J connectivity index is 1.68. The number of esters is 2. The van der Waals surface area contributed by atoms with Crippen LogP contribution in [0.5, 0.6) is 0 Å². The first-order valence-electron chi connectivity index (χ1n) is 8.25.